The van der Waals surface area contributed by atoms with E-state index in [1.165, 1.54) is 5.56 Å². The minimum Gasteiger partial charge on any atom is -0.313 e. The van der Waals surface area contributed by atoms with Gasteiger partial charge in [0.25, 0.3) is 0 Å². The topological polar surface area (TPSA) is 29.1 Å². The van der Waals surface area contributed by atoms with E-state index in [1.54, 1.807) is 0 Å². The summed E-state index contributed by atoms with van der Waals surface area (Å²) in [5, 5.41) is 3.52. The van der Waals surface area contributed by atoms with Gasteiger partial charge >= 0.3 is 0 Å². The Morgan fingerprint density at radius 2 is 2.27 bits per heavy atom. The molecule has 15 heavy (non-hydrogen) atoms. The van der Waals surface area contributed by atoms with Crippen LogP contribution in [0.2, 0.25) is 0 Å². The van der Waals surface area contributed by atoms with Crippen LogP contribution in [0, 0.1) is 0 Å². The Balaban J connectivity index is 2.53. The molecular weight excluding hydrogens is 274 g/mol. The quantitative estimate of drug-likeness (QED) is 0.860. The van der Waals surface area contributed by atoms with Crippen molar-refractivity contribution in [2.24, 2.45) is 0 Å². The number of fused-ring (bicyclic) bond motifs is 1. The highest BCUT2D eigenvalue weighted by Gasteiger charge is 2.29. The fraction of sp³-hybridized carbons (Fsp3) is 0.455. The minimum absolute atomic E-state index is 0.233. The molecule has 0 aromatic heterocycles. The van der Waals surface area contributed by atoms with E-state index in [0.29, 0.717) is 6.04 Å². The predicted molar refractivity (Wildman–Crippen MR) is 66.4 cm³/mol. The summed E-state index contributed by atoms with van der Waals surface area (Å²) in [5.74, 6) is 0. The first kappa shape index (κ1) is 11.3. The second-order valence-corrected chi connectivity index (χ2v) is 6.62. The SMILES string of the molecule is CNC1CC(C)S(=O)c2ccc(Br)cc21. The highest BCUT2D eigenvalue weighted by atomic mass is 79.9. The van der Waals surface area contributed by atoms with Crippen LogP contribution in [-0.4, -0.2) is 16.5 Å². The molecule has 0 bridgehead atoms. The molecule has 0 radical (unpaired) electrons. The molecule has 4 heteroatoms. The molecule has 1 N–H and O–H groups in total. The van der Waals surface area contributed by atoms with Crippen molar-refractivity contribution in [3.8, 4) is 0 Å². The van der Waals surface area contributed by atoms with Gasteiger partial charge in [0.2, 0.25) is 0 Å². The second kappa shape index (κ2) is 4.36. The first-order valence-corrected chi connectivity index (χ1v) is 7.01. The van der Waals surface area contributed by atoms with Crippen molar-refractivity contribution in [2.75, 3.05) is 7.05 Å². The first-order chi connectivity index (χ1) is 7.13. The molecule has 1 aromatic carbocycles. The van der Waals surface area contributed by atoms with Gasteiger partial charge in [-0.25, -0.2) is 0 Å². The fourth-order valence-corrected chi connectivity index (χ4v) is 3.83. The average molecular weight is 288 g/mol. The lowest BCUT2D eigenvalue weighted by Crippen LogP contribution is -2.29. The van der Waals surface area contributed by atoms with Crippen LogP contribution in [0.3, 0.4) is 0 Å². The van der Waals surface area contributed by atoms with E-state index in [0.717, 1.165) is 15.8 Å². The smallest absolute Gasteiger partial charge is 0.0562 e. The third-order valence-corrected chi connectivity index (χ3v) is 5.07. The molecular formula is C11H14BrNOS. The standard InChI is InChI=1S/C11H14BrNOS/c1-7-5-10(13-2)9-6-8(12)3-4-11(9)15(7)14/h3-4,6-7,10,13H,5H2,1-2H3. The van der Waals surface area contributed by atoms with Crippen LogP contribution < -0.4 is 5.32 Å². The molecule has 0 spiro atoms. The molecule has 0 aliphatic carbocycles. The maximum absolute atomic E-state index is 12.1. The van der Waals surface area contributed by atoms with Gasteiger partial charge in [0.05, 0.1) is 10.8 Å². The van der Waals surface area contributed by atoms with Crippen molar-refractivity contribution in [1.82, 2.24) is 5.32 Å². The number of hydrogen-bond acceptors (Lipinski definition) is 2. The van der Waals surface area contributed by atoms with Gasteiger partial charge in [-0.2, -0.15) is 0 Å². The molecule has 1 aliphatic heterocycles. The van der Waals surface area contributed by atoms with Crippen LogP contribution in [0.1, 0.15) is 24.9 Å². The molecule has 1 aromatic rings. The number of rotatable bonds is 1. The molecule has 82 valence electrons. The van der Waals surface area contributed by atoms with Crippen molar-refractivity contribution in [2.45, 2.75) is 29.5 Å². The monoisotopic (exact) mass is 287 g/mol. The number of hydrogen-bond donors (Lipinski definition) is 1. The van der Waals surface area contributed by atoms with E-state index in [4.69, 9.17) is 0 Å². The Bertz CT molecular complexity index is 408. The summed E-state index contributed by atoms with van der Waals surface area (Å²) in [5.41, 5.74) is 1.17. The lowest BCUT2D eigenvalue weighted by Gasteiger charge is -2.29. The molecule has 0 saturated heterocycles. The zero-order valence-electron chi connectivity index (χ0n) is 8.79. The van der Waals surface area contributed by atoms with E-state index >= 15 is 0 Å². The van der Waals surface area contributed by atoms with E-state index in [2.05, 4.69) is 27.3 Å². The molecule has 3 atom stereocenters. The van der Waals surface area contributed by atoms with Crippen LogP contribution in [-0.2, 0) is 10.8 Å². The highest BCUT2D eigenvalue weighted by Crippen LogP contribution is 2.35. The largest absolute Gasteiger partial charge is 0.313 e. The Morgan fingerprint density at radius 1 is 1.53 bits per heavy atom. The maximum atomic E-state index is 12.1. The van der Waals surface area contributed by atoms with Crippen molar-refractivity contribution in [3.05, 3.63) is 28.2 Å². The van der Waals surface area contributed by atoms with E-state index < -0.39 is 10.8 Å². The zero-order valence-corrected chi connectivity index (χ0v) is 11.2. The van der Waals surface area contributed by atoms with E-state index in [9.17, 15) is 4.21 Å². The molecule has 2 nitrogen and oxygen atoms in total. The molecule has 1 heterocycles. The van der Waals surface area contributed by atoms with Gasteiger partial charge < -0.3 is 5.32 Å². The summed E-state index contributed by atoms with van der Waals surface area (Å²) in [4.78, 5) is 0.983. The molecule has 1 aliphatic rings. The number of benzene rings is 1. The lowest BCUT2D eigenvalue weighted by atomic mass is 10.0. The van der Waals surface area contributed by atoms with E-state index in [-0.39, 0.29) is 5.25 Å². The number of nitrogens with one attached hydrogen (secondary N) is 1. The zero-order chi connectivity index (χ0) is 11.0. The van der Waals surface area contributed by atoms with Gasteiger partial charge in [-0.1, -0.05) is 22.9 Å². The Morgan fingerprint density at radius 3 is 2.93 bits per heavy atom. The van der Waals surface area contributed by atoms with Gasteiger partial charge in [-0.15, -0.1) is 0 Å². The molecule has 0 saturated carbocycles. The van der Waals surface area contributed by atoms with Crippen molar-refractivity contribution >= 4 is 26.7 Å². The first-order valence-electron chi connectivity index (χ1n) is 5.00. The minimum atomic E-state index is -0.851. The normalized spacial score (nSPS) is 29.9. The molecule has 2 rings (SSSR count). The lowest BCUT2D eigenvalue weighted by molar-refractivity contribution is 0.518. The van der Waals surface area contributed by atoms with Crippen molar-refractivity contribution in [3.63, 3.8) is 0 Å². The van der Waals surface area contributed by atoms with Gasteiger partial charge in [0, 0.05) is 20.7 Å². The summed E-state index contributed by atoms with van der Waals surface area (Å²) >= 11 is 3.46. The van der Waals surface area contributed by atoms with Crippen molar-refractivity contribution in [1.29, 1.82) is 0 Å². The number of halogens is 1. The molecule has 0 amide bonds. The molecule has 3 unspecified atom stereocenters. The van der Waals surface area contributed by atoms with Gasteiger partial charge in [0.15, 0.2) is 0 Å². The Labute approximate surface area is 101 Å². The third kappa shape index (κ3) is 2.03. The van der Waals surface area contributed by atoms with E-state index in [1.807, 2.05) is 26.1 Å². The van der Waals surface area contributed by atoms with Crippen molar-refractivity contribution < 1.29 is 4.21 Å². The summed E-state index contributed by atoms with van der Waals surface area (Å²) in [6, 6.07) is 6.32. The second-order valence-electron chi connectivity index (χ2n) is 3.87. The summed E-state index contributed by atoms with van der Waals surface area (Å²) in [6.07, 6.45) is 0.937. The fourth-order valence-electron chi connectivity index (χ4n) is 2.01. The Hall–Kier alpha value is -0.190. The van der Waals surface area contributed by atoms with Crippen LogP contribution in [0.5, 0.6) is 0 Å². The summed E-state index contributed by atoms with van der Waals surface area (Å²) in [6.45, 7) is 2.05. The summed E-state index contributed by atoms with van der Waals surface area (Å²) in [7, 11) is 1.10. The van der Waals surface area contributed by atoms with Gasteiger partial charge in [-0.05, 0) is 37.2 Å². The predicted octanol–water partition coefficient (Wildman–Crippen LogP) is 2.61. The van der Waals surface area contributed by atoms with Crippen LogP contribution in [0.25, 0.3) is 0 Å². The van der Waals surface area contributed by atoms with Gasteiger partial charge in [0.1, 0.15) is 0 Å². The van der Waals surface area contributed by atoms with Gasteiger partial charge in [-0.3, -0.25) is 4.21 Å². The summed E-state index contributed by atoms with van der Waals surface area (Å²) < 4.78 is 13.1. The van der Waals surface area contributed by atoms with Crippen LogP contribution in [0.4, 0.5) is 0 Å². The maximum Gasteiger partial charge on any atom is 0.0562 e. The van der Waals surface area contributed by atoms with Crippen LogP contribution in [0.15, 0.2) is 27.6 Å². The van der Waals surface area contributed by atoms with Crippen LogP contribution >= 0.6 is 15.9 Å². The average Bonchev–Trinajstić information content (AvgIpc) is 2.23. The highest BCUT2D eigenvalue weighted by molar-refractivity contribution is 9.10. The third-order valence-electron chi connectivity index (χ3n) is 2.85. The molecule has 0 fully saturated rings. The Kier molecular flexibility index (Phi) is 3.28.